The number of allylic oxidation sites excluding steroid dienone is 1. The summed E-state index contributed by atoms with van der Waals surface area (Å²) < 4.78 is 0. The van der Waals surface area contributed by atoms with Gasteiger partial charge in [0.05, 0.1) is 0 Å². The van der Waals surface area contributed by atoms with E-state index in [1.54, 1.807) is 6.41 Å². The van der Waals surface area contributed by atoms with Gasteiger partial charge in [-0.25, -0.2) is 0 Å². The predicted molar refractivity (Wildman–Crippen MR) is 104 cm³/mol. The van der Waals surface area contributed by atoms with Crippen molar-refractivity contribution in [3.05, 3.63) is 48.6 Å². The van der Waals surface area contributed by atoms with Gasteiger partial charge in [0.2, 0.25) is 0 Å². The summed E-state index contributed by atoms with van der Waals surface area (Å²) >= 11 is 4.24. The van der Waals surface area contributed by atoms with Crippen LogP contribution in [0, 0.1) is 0 Å². The Morgan fingerprint density at radius 1 is 1.00 bits per heavy atom. The number of hydrogen-bond donors (Lipinski definition) is 1. The fourth-order valence-corrected chi connectivity index (χ4v) is 0.538. The van der Waals surface area contributed by atoms with E-state index in [4.69, 9.17) is 0 Å². The van der Waals surface area contributed by atoms with Gasteiger partial charge in [0.25, 0.3) is 0 Å². The summed E-state index contributed by atoms with van der Waals surface area (Å²) in [6.07, 6.45) is 1.61. The summed E-state index contributed by atoms with van der Waals surface area (Å²) in [5, 5.41) is 2.48. The van der Waals surface area contributed by atoms with E-state index in [1.165, 1.54) is 5.57 Å². The van der Waals surface area contributed by atoms with Crippen LogP contribution >= 0.6 is 37.2 Å². The van der Waals surface area contributed by atoms with Crippen molar-refractivity contribution in [1.29, 1.82) is 0 Å². The average molecular weight is 577 g/mol. The van der Waals surface area contributed by atoms with Gasteiger partial charge in [-0.1, -0.05) is 42.0 Å². The van der Waals surface area contributed by atoms with Crippen molar-refractivity contribution in [2.45, 2.75) is 40.2 Å². The van der Waals surface area contributed by atoms with Crippen LogP contribution in [0.25, 0.3) is 0 Å². The number of benzene rings is 1. The summed E-state index contributed by atoms with van der Waals surface area (Å²) in [6, 6.07) is 12.0. The second kappa shape index (κ2) is 22.3. The normalized spacial score (nSPS) is 7.75. The number of carbonyl (C=O) groups excluding carboxylic acids is 1. The maximum absolute atomic E-state index is 9.58. The Hall–Kier alpha value is 0.994. The van der Waals surface area contributed by atoms with Crippen molar-refractivity contribution in [3.8, 4) is 0 Å². The molecule has 0 fully saturated rings. The van der Waals surface area contributed by atoms with Crippen molar-refractivity contribution in [2.75, 3.05) is 0 Å². The summed E-state index contributed by atoms with van der Waals surface area (Å²) in [7, 11) is 0. The number of halogens is 2. The zero-order chi connectivity index (χ0) is 15.7. The summed E-state index contributed by atoms with van der Waals surface area (Å²) in [5.41, 5.74) is 1.04. The van der Waals surface area contributed by atoms with Crippen molar-refractivity contribution in [3.63, 3.8) is 0 Å². The Balaban J connectivity index is -0.0000000907. The van der Waals surface area contributed by atoms with Crippen LogP contribution in [0.3, 0.4) is 0 Å². The Morgan fingerprint density at radius 3 is 1.25 bits per heavy atom. The molecule has 0 heterocycles. The van der Waals surface area contributed by atoms with E-state index in [1.807, 2.05) is 71.0 Å². The Morgan fingerprint density at radius 2 is 1.20 bits per heavy atom. The first-order valence-corrected chi connectivity index (χ1v) is 12.0. The van der Waals surface area contributed by atoms with Crippen LogP contribution in [0.5, 0.6) is 0 Å². The second-order valence-electron chi connectivity index (χ2n) is 4.84. The molecule has 0 atom stereocenters. The van der Waals surface area contributed by atoms with E-state index in [9.17, 15) is 4.79 Å². The molecule has 2 nitrogen and oxygen atoms in total. The molecule has 0 aliphatic rings. The third kappa shape index (κ3) is 50.9. The third-order valence-corrected chi connectivity index (χ3v) is 1.09. The van der Waals surface area contributed by atoms with E-state index in [-0.39, 0.29) is 38.2 Å². The van der Waals surface area contributed by atoms with Gasteiger partial charge in [0.1, 0.15) is 0 Å². The molecular weight excluding hydrogens is 553 g/mol. The van der Waals surface area contributed by atoms with Gasteiger partial charge in [-0.05, 0) is 34.6 Å². The zero-order valence-electron chi connectivity index (χ0n) is 12.9. The first kappa shape index (κ1) is 29.1. The van der Waals surface area contributed by atoms with Crippen LogP contribution in [0.4, 0.5) is 0 Å². The van der Waals surface area contributed by atoms with Crippen LogP contribution in [-0.4, -0.2) is 11.9 Å². The average Bonchev–Trinajstić information content (AvgIpc) is 2.32. The first-order valence-electron chi connectivity index (χ1n) is 5.70. The zero-order valence-corrected chi connectivity index (χ0v) is 20.1. The molecule has 1 rings (SSSR count). The van der Waals surface area contributed by atoms with E-state index in [2.05, 4.69) is 49.1 Å². The van der Waals surface area contributed by atoms with Crippen molar-refractivity contribution < 1.29 is 37.5 Å². The molecule has 0 spiro atoms. The second-order valence-corrected chi connectivity index (χ2v) is 4.84. The van der Waals surface area contributed by atoms with E-state index >= 15 is 0 Å². The SMILES string of the molecule is C=C(C)C.CC(C)(C)N[C-]=O.II.[Y].c1ccccc1. The van der Waals surface area contributed by atoms with Gasteiger partial charge in [-0.15, -0.1) is 6.58 Å². The fraction of sp³-hybridized carbons (Fsp3) is 0.400. The van der Waals surface area contributed by atoms with Crippen molar-refractivity contribution in [1.82, 2.24) is 5.32 Å². The molecule has 0 saturated carbocycles. The number of rotatable bonds is 1. The van der Waals surface area contributed by atoms with Crippen LogP contribution in [0.15, 0.2) is 48.6 Å². The molecule has 0 saturated heterocycles. The van der Waals surface area contributed by atoms with Gasteiger partial charge >= 0.3 is 0 Å². The van der Waals surface area contributed by atoms with Crippen LogP contribution in [0.1, 0.15) is 34.6 Å². The van der Waals surface area contributed by atoms with Crippen LogP contribution < -0.4 is 5.32 Å². The molecular formula is C15H24I2NOY-. The topological polar surface area (TPSA) is 29.1 Å². The third-order valence-electron chi connectivity index (χ3n) is 1.09. The largest absolute Gasteiger partial charge is 0.526 e. The van der Waals surface area contributed by atoms with Gasteiger partial charge < -0.3 is 10.1 Å². The first-order chi connectivity index (χ1) is 8.79. The summed E-state index contributed by atoms with van der Waals surface area (Å²) in [6.45, 7) is 13.2. The van der Waals surface area contributed by atoms with E-state index < -0.39 is 0 Å². The Labute approximate surface area is 173 Å². The molecule has 1 aromatic carbocycles. The maximum atomic E-state index is 9.58. The van der Waals surface area contributed by atoms with E-state index in [0.29, 0.717) is 0 Å². The minimum atomic E-state index is -0.123. The predicted octanol–water partition coefficient (Wildman–Crippen LogP) is 5.48. The van der Waals surface area contributed by atoms with Gasteiger partial charge in [0, 0.05) is 75.5 Å². The summed E-state index contributed by atoms with van der Waals surface area (Å²) in [5.74, 6) is 0. The smallest absolute Gasteiger partial charge is 0.000490 e. The monoisotopic (exact) mass is 577 g/mol. The van der Waals surface area contributed by atoms with Crippen LogP contribution in [-0.2, 0) is 37.5 Å². The minimum Gasteiger partial charge on any atom is -0.526 e. The van der Waals surface area contributed by atoms with Gasteiger partial charge in [-0.2, -0.15) is 6.41 Å². The van der Waals surface area contributed by atoms with Crippen molar-refractivity contribution >= 4 is 43.6 Å². The van der Waals surface area contributed by atoms with Crippen LogP contribution in [0.2, 0.25) is 0 Å². The Kier molecular flexibility index (Phi) is 32.4. The molecule has 0 unspecified atom stereocenters. The summed E-state index contributed by atoms with van der Waals surface area (Å²) in [4.78, 5) is 9.58. The molecule has 0 bridgehead atoms. The fourth-order valence-electron chi connectivity index (χ4n) is 0.538. The Bertz CT molecular complexity index is 270. The van der Waals surface area contributed by atoms with E-state index in [0.717, 1.165) is 0 Å². The molecule has 1 N–H and O–H groups in total. The molecule has 0 aliphatic heterocycles. The van der Waals surface area contributed by atoms with Crippen molar-refractivity contribution in [2.24, 2.45) is 0 Å². The molecule has 1 amide bonds. The molecule has 1 aromatic rings. The number of nitrogens with one attached hydrogen (secondary N) is 1. The maximum Gasteiger partial charge on any atom is 0.000490 e. The minimum absolute atomic E-state index is 0. The number of amides is 1. The van der Waals surface area contributed by atoms with Gasteiger partial charge in [-0.3, -0.25) is 0 Å². The molecule has 0 aromatic heterocycles. The standard InChI is InChI=1S/C6H6.C5H10NO.C4H8.I2.Y/c1-2-4-6-5-3-1;1-5(2,3)6-4-7;1-4(2)3;1-2;/h1-6H;1-3H3,(H,6,7);1H2,2-3H3;;/q;-1;;;. The molecule has 1 radical (unpaired) electrons. The molecule has 113 valence electrons. The molecule has 0 aliphatic carbocycles. The number of hydrogen-bond acceptors (Lipinski definition) is 1. The quantitative estimate of drug-likeness (QED) is 0.204. The van der Waals surface area contributed by atoms with Gasteiger partial charge in [0.15, 0.2) is 0 Å². The molecule has 5 heteroatoms. The molecule has 20 heavy (non-hydrogen) atoms.